The number of aromatic hydroxyl groups is 1. The number of rotatable bonds is 11. The Morgan fingerprint density at radius 2 is 1.36 bits per heavy atom. The largest absolute Gasteiger partial charge is 0.508 e. The van der Waals surface area contributed by atoms with Crippen molar-refractivity contribution in [3.63, 3.8) is 0 Å². The zero-order chi connectivity index (χ0) is 16.4. The summed E-state index contributed by atoms with van der Waals surface area (Å²) in [5.74, 6) is 2.86. The van der Waals surface area contributed by atoms with Gasteiger partial charge in [-0.15, -0.1) is 0 Å². The Morgan fingerprint density at radius 3 is 1.95 bits per heavy atom. The molecule has 0 saturated carbocycles. The van der Waals surface area contributed by atoms with Crippen molar-refractivity contribution in [2.75, 3.05) is 0 Å². The predicted octanol–water partition coefficient (Wildman–Crippen LogP) is 6.59. The van der Waals surface area contributed by atoms with Crippen molar-refractivity contribution in [3.05, 3.63) is 29.8 Å². The molecule has 0 aliphatic carbocycles. The molecule has 1 N–H and O–H groups in total. The number of benzene rings is 1. The van der Waals surface area contributed by atoms with Crippen LogP contribution in [0.5, 0.6) is 5.75 Å². The number of phenolic OH excluding ortho intramolecular Hbond substituents is 1. The molecular weight excluding hydrogens is 268 g/mol. The molecule has 0 spiro atoms. The maximum absolute atomic E-state index is 9.84. The molecule has 0 aliphatic rings. The average molecular weight is 305 g/mol. The summed E-state index contributed by atoms with van der Waals surface area (Å²) < 4.78 is 0. The number of para-hydroxylation sites is 1. The normalized spacial score (nSPS) is 15.5. The lowest BCUT2D eigenvalue weighted by atomic mass is 9.90. The minimum absolute atomic E-state index is 0.452. The predicted molar refractivity (Wildman–Crippen MR) is 97.3 cm³/mol. The molecule has 0 aromatic heterocycles. The molecule has 0 bridgehead atoms. The van der Waals surface area contributed by atoms with Crippen LogP contribution in [-0.4, -0.2) is 5.11 Å². The molecule has 1 heteroatoms. The van der Waals surface area contributed by atoms with Crippen LogP contribution in [0.4, 0.5) is 0 Å². The van der Waals surface area contributed by atoms with Crippen molar-refractivity contribution in [1.29, 1.82) is 0 Å². The van der Waals surface area contributed by atoms with E-state index in [1.807, 2.05) is 18.2 Å². The summed E-state index contributed by atoms with van der Waals surface area (Å²) in [7, 11) is 0. The van der Waals surface area contributed by atoms with E-state index in [0.29, 0.717) is 11.7 Å². The number of hydrogen-bond acceptors (Lipinski definition) is 1. The lowest BCUT2D eigenvalue weighted by Gasteiger charge is -2.16. The monoisotopic (exact) mass is 304 g/mol. The van der Waals surface area contributed by atoms with E-state index in [2.05, 4.69) is 27.7 Å². The first-order valence-electron chi connectivity index (χ1n) is 9.29. The highest BCUT2D eigenvalue weighted by atomic mass is 16.3. The smallest absolute Gasteiger partial charge is 0.118 e. The van der Waals surface area contributed by atoms with Crippen LogP contribution in [0.3, 0.4) is 0 Å². The van der Waals surface area contributed by atoms with Crippen LogP contribution in [0.2, 0.25) is 0 Å². The summed E-state index contributed by atoms with van der Waals surface area (Å²) in [6.07, 6.45) is 10.4. The Balaban J connectivity index is 2.14. The van der Waals surface area contributed by atoms with Gasteiger partial charge in [0.15, 0.2) is 0 Å². The third-order valence-electron chi connectivity index (χ3n) is 5.04. The molecule has 1 aromatic rings. The first kappa shape index (κ1) is 19.1. The van der Waals surface area contributed by atoms with Gasteiger partial charge in [0.25, 0.3) is 0 Å². The lowest BCUT2D eigenvalue weighted by molar-refractivity contribution is 0.389. The van der Waals surface area contributed by atoms with Gasteiger partial charge in [-0.3, -0.25) is 0 Å². The first-order chi connectivity index (χ1) is 10.5. The van der Waals surface area contributed by atoms with E-state index >= 15 is 0 Å². The Labute approximate surface area is 138 Å². The van der Waals surface area contributed by atoms with Crippen LogP contribution in [0.1, 0.15) is 78.2 Å². The second kappa shape index (κ2) is 10.7. The zero-order valence-electron chi connectivity index (χ0n) is 15.1. The Bertz CT molecular complexity index is 399. The molecule has 22 heavy (non-hydrogen) atoms. The Morgan fingerprint density at radius 1 is 0.818 bits per heavy atom. The van der Waals surface area contributed by atoms with Gasteiger partial charge < -0.3 is 5.11 Å². The molecule has 0 aliphatic heterocycles. The van der Waals surface area contributed by atoms with E-state index in [0.717, 1.165) is 23.8 Å². The summed E-state index contributed by atoms with van der Waals surface area (Å²) in [6.45, 7) is 9.37. The average Bonchev–Trinajstić information content (AvgIpc) is 2.49. The van der Waals surface area contributed by atoms with Gasteiger partial charge >= 0.3 is 0 Å². The summed E-state index contributed by atoms with van der Waals surface area (Å²) in [4.78, 5) is 0. The van der Waals surface area contributed by atoms with Crippen LogP contribution in [0.15, 0.2) is 24.3 Å². The van der Waals surface area contributed by atoms with E-state index in [4.69, 9.17) is 0 Å². The molecule has 3 atom stereocenters. The van der Waals surface area contributed by atoms with Crippen molar-refractivity contribution >= 4 is 0 Å². The van der Waals surface area contributed by atoms with E-state index in [1.165, 1.54) is 44.9 Å². The first-order valence-corrected chi connectivity index (χ1v) is 9.29. The van der Waals surface area contributed by atoms with Crippen LogP contribution >= 0.6 is 0 Å². The lowest BCUT2D eigenvalue weighted by Crippen LogP contribution is -2.03. The maximum atomic E-state index is 9.84. The second-order valence-corrected chi connectivity index (χ2v) is 7.42. The Kier molecular flexibility index (Phi) is 9.27. The fraction of sp³-hybridized carbons (Fsp3) is 0.714. The van der Waals surface area contributed by atoms with Crippen LogP contribution in [-0.2, 0) is 6.42 Å². The highest BCUT2D eigenvalue weighted by molar-refractivity contribution is 5.31. The van der Waals surface area contributed by atoms with E-state index in [1.54, 1.807) is 6.07 Å². The van der Waals surface area contributed by atoms with Gasteiger partial charge in [0.1, 0.15) is 5.75 Å². The third-order valence-corrected chi connectivity index (χ3v) is 5.04. The number of hydrogen-bond donors (Lipinski definition) is 1. The minimum atomic E-state index is 0.452. The van der Waals surface area contributed by atoms with Gasteiger partial charge in [-0.05, 0) is 35.8 Å². The van der Waals surface area contributed by atoms with Gasteiger partial charge in [-0.2, -0.15) is 0 Å². The molecule has 1 rings (SSSR count). The van der Waals surface area contributed by atoms with Gasteiger partial charge in [-0.1, -0.05) is 90.8 Å². The fourth-order valence-electron chi connectivity index (χ4n) is 3.14. The molecule has 0 amide bonds. The molecule has 1 nitrogen and oxygen atoms in total. The van der Waals surface area contributed by atoms with Gasteiger partial charge in [0.2, 0.25) is 0 Å². The van der Waals surface area contributed by atoms with E-state index in [-0.39, 0.29) is 0 Å². The third kappa shape index (κ3) is 7.87. The fourth-order valence-corrected chi connectivity index (χ4v) is 3.14. The highest BCUT2D eigenvalue weighted by Crippen LogP contribution is 2.24. The van der Waals surface area contributed by atoms with Crippen molar-refractivity contribution in [3.8, 4) is 5.75 Å². The van der Waals surface area contributed by atoms with Crippen LogP contribution in [0, 0.1) is 17.8 Å². The molecule has 0 fully saturated rings. The summed E-state index contributed by atoms with van der Waals surface area (Å²) in [6, 6.07) is 7.75. The number of phenols is 1. The van der Waals surface area contributed by atoms with Crippen molar-refractivity contribution in [2.24, 2.45) is 17.8 Å². The summed E-state index contributed by atoms with van der Waals surface area (Å²) in [5, 5.41) is 9.84. The van der Waals surface area contributed by atoms with Gasteiger partial charge in [0.05, 0.1) is 0 Å². The van der Waals surface area contributed by atoms with Gasteiger partial charge in [0, 0.05) is 0 Å². The molecule has 126 valence electrons. The molecule has 0 heterocycles. The zero-order valence-corrected chi connectivity index (χ0v) is 15.1. The summed E-state index contributed by atoms with van der Waals surface area (Å²) >= 11 is 0. The molecule has 1 aromatic carbocycles. The Hall–Kier alpha value is -0.980. The van der Waals surface area contributed by atoms with E-state index in [9.17, 15) is 5.11 Å². The van der Waals surface area contributed by atoms with E-state index < -0.39 is 0 Å². The minimum Gasteiger partial charge on any atom is -0.508 e. The quantitative estimate of drug-likeness (QED) is 0.488. The topological polar surface area (TPSA) is 20.2 Å². The van der Waals surface area contributed by atoms with Crippen LogP contribution in [0.25, 0.3) is 0 Å². The SMILES string of the molecule is CCC(C)CCCC(C)CCCC(C)Cc1ccccc1O. The van der Waals surface area contributed by atoms with Crippen molar-refractivity contribution < 1.29 is 5.11 Å². The highest BCUT2D eigenvalue weighted by Gasteiger charge is 2.09. The molecule has 0 saturated heterocycles. The second-order valence-electron chi connectivity index (χ2n) is 7.42. The maximum Gasteiger partial charge on any atom is 0.118 e. The van der Waals surface area contributed by atoms with Gasteiger partial charge in [-0.25, -0.2) is 0 Å². The molecular formula is C21H36O. The standard InChI is InChI=1S/C21H36O/c1-5-17(2)10-8-11-18(3)12-9-13-19(4)16-20-14-6-7-15-21(20)22/h6-7,14-15,17-19,22H,5,8-13,16H2,1-4H3. The summed E-state index contributed by atoms with van der Waals surface area (Å²) in [5.41, 5.74) is 1.09. The van der Waals surface area contributed by atoms with Crippen molar-refractivity contribution in [1.82, 2.24) is 0 Å². The molecule has 3 unspecified atom stereocenters. The van der Waals surface area contributed by atoms with Crippen LogP contribution < -0.4 is 0 Å². The molecule has 0 radical (unpaired) electrons. The van der Waals surface area contributed by atoms with Crippen molar-refractivity contribution in [2.45, 2.75) is 79.1 Å².